The lowest BCUT2D eigenvalue weighted by Gasteiger charge is -2.39. The van der Waals surface area contributed by atoms with Gasteiger partial charge in [0.05, 0.1) is 39.7 Å². The lowest BCUT2D eigenvalue weighted by Crippen LogP contribution is -2.45. The van der Waals surface area contributed by atoms with Crippen LogP contribution in [0, 0.1) is 0 Å². The van der Waals surface area contributed by atoms with Crippen molar-refractivity contribution in [3.8, 4) is 0 Å². The fourth-order valence-corrected chi connectivity index (χ4v) is 4.95. The molecule has 1 amide bonds. The van der Waals surface area contributed by atoms with Gasteiger partial charge in [0.25, 0.3) is 0 Å². The van der Waals surface area contributed by atoms with Gasteiger partial charge in [-0.25, -0.2) is 19.6 Å². The number of nitrogens with one attached hydrogen (secondary N) is 1. The monoisotopic (exact) mass is 636 g/mol. The minimum atomic E-state index is -5.16. The van der Waals surface area contributed by atoms with E-state index in [0.717, 1.165) is 23.2 Å². The maximum Gasteiger partial charge on any atom is 0.416 e. The van der Waals surface area contributed by atoms with Gasteiger partial charge in [0, 0.05) is 18.7 Å². The number of alkyl halides is 9. The van der Waals surface area contributed by atoms with Crippen LogP contribution >= 0.6 is 0 Å². The Kier molecular flexibility index (Phi) is 8.45. The maximum absolute atomic E-state index is 13.5. The molecule has 1 aliphatic heterocycles. The van der Waals surface area contributed by atoms with E-state index in [1.807, 2.05) is 0 Å². The number of aromatic carboxylic acids is 1. The third kappa shape index (κ3) is 6.81. The minimum Gasteiger partial charge on any atom is -0.478 e. The van der Waals surface area contributed by atoms with E-state index in [2.05, 4.69) is 15.3 Å². The van der Waals surface area contributed by atoms with Gasteiger partial charge in [-0.3, -0.25) is 4.90 Å². The number of rotatable bonds is 6. The number of carboxylic acids is 1. The first-order chi connectivity index (χ1) is 20.3. The van der Waals surface area contributed by atoms with Crippen molar-refractivity contribution in [2.75, 3.05) is 10.2 Å². The Balaban J connectivity index is 1.78. The first-order valence-electron chi connectivity index (χ1n) is 12.7. The van der Waals surface area contributed by atoms with E-state index in [1.165, 1.54) is 0 Å². The highest BCUT2D eigenvalue weighted by atomic mass is 19.4. The summed E-state index contributed by atoms with van der Waals surface area (Å²) in [6.45, 7) is 1.65. The zero-order valence-electron chi connectivity index (χ0n) is 22.3. The lowest BCUT2D eigenvalue weighted by molar-refractivity contribution is -0.143. The number of hydrogen-bond acceptors (Lipinski definition) is 5. The minimum absolute atomic E-state index is 0.0628. The standard InChI is InChI=1S/C27H21F9N4O4/c1-2-16-10-20(17-9-13(25(28,29)30)3-4-21(17)40(16)24(43)44)39-23-37-11-18(22(41)42)19(38-23)7-12-5-14(26(31,32)33)8-15(6-12)27(34,35)36/h3-6,8-9,11,16,20H,2,7,10H2,1H3,(H,41,42)(H,43,44)(H,37,38,39)/t16-,20+/m1/s1. The van der Waals surface area contributed by atoms with Gasteiger partial charge in [0.1, 0.15) is 0 Å². The molecule has 0 aliphatic carbocycles. The summed E-state index contributed by atoms with van der Waals surface area (Å²) < 4.78 is 121. The average Bonchev–Trinajstić information content (AvgIpc) is 2.90. The number of carboxylic acid groups (broad SMARTS) is 2. The van der Waals surface area contributed by atoms with E-state index in [0.29, 0.717) is 18.2 Å². The van der Waals surface area contributed by atoms with Crippen molar-refractivity contribution in [1.82, 2.24) is 9.97 Å². The van der Waals surface area contributed by atoms with Crippen molar-refractivity contribution in [1.29, 1.82) is 0 Å². The molecule has 3 aromatic rings. The average molecular weight is 636 g/mol. The molecule has 4 rings (SSSR count). The van der Waals surface area contributed by atoms with E-state index < -0.39 is 88.6 Å². The summed E-state index contributed by atoms with van der Waals surface area (Å²) in [7, 11) is 0. The summed E-state index contributed by atoms with van der Waals surface area (Å²) in [5.41, 5.74) is -6.20. The number of hydrogen-bond donors (Lipinski definition) is 3. The van der Waals surface area contributed by atoms with E-state index in [4.69, 9.17) is 0 Å². The second-order valence-corrected chi connectivity index (χ2v) is 9.87. The van der Waals surface area contributed by atoms with Gasteiger partial charge >= 0.3 is 30.6 Å². The molecule has 8 nitrogen and oxygen atoms in total. The zero-order chi connectivity index (χ0) is 32.8. The van der Waals surface area contributed by atoms with Gasteiger partial charge in [-0.15, -0.1) is 0 Å². The number of amides is 1. The third-order valence-electron chi connectivity index (χ3n) is 6.96. The van der Waals surface area contributed by atoms with Crippen molar-refractivity contribution < 1.29 is 59.3 Å². The molecular weight excluding hydrogens is 615 g/mol. The van der Waals surface area contributed by atoms with Crippen LogP contribution in [0.1, 0.15) is 69.7 Å². The van der Waals surface area contributed by atoms with Crippen LogP contribution in [-0.2, 0) is 24.9 Å². The molecule has 0 radical (unpaired) electrons. The number of carbonyl (C=O) groups is 2. The van der Waals surface area contributed by atoms with E-state index in [1.54, 1.807) is 6.92 Å². The largest absolute Gasteiger partial charge is 0.478 e. The highest BCUT2D eigenvalue weighted by Gasteiger charge is 2.40. The van der Waals surface area contributed by atoms with Crippen LogP contribution < -0.4 is 10.2 Å². The second kappa shape index (κ2) is 11.5. The van der Waals surface area contributed by atoms with Crippen LogP contribution in [0.2, 0.25) is 0 Å². The van der Waals surface area contributed by atoms with Gasteiger partial charge in [-0.1, -0.05) is 6.92 Å². The van der Waals surface area contributed by atoms with Gasteiger partial charge in [0.15, 0.2) is 0 Å². The summed E-state index contributed by atoms with van der Waals surface area (Å²) in [6, 6.07) is 1.41. The first kappa shape index (κ1) is 32.3. The molecule has 1 aromatic heterocycles. The summed E-state index contributed by atoms with van der Waals surface area (Å²) in [6.07, 6.45) is -16.4. The molecule has 0 saturated heterocycles. The van der Waals surface area contributed by atoms with Gasteiger partial charge < -0.3 is 15.5 Å². The zero-order valence-corrected chi connectivity index (χ0v) is 22.3. The Bertz CT molecular complexity index is 1560. The Labute approximate surface area is 242 Å². The molecule has 1 aliphatic rings. The molecule has 0 fully saturated rings. The molecule has 17 heteroatoms. The quantitative estimate of drug-likeness (QED) is 0.238. The summed E-state index contributed by atoms with van der Waals surface area (Å²) in [5.74, 6) is -2.05. The van der Waals surface area contributed by atoms with E-state index in [9.17, 15) is 59.3 Å². The second-order valence-electron chi connectivity index (χ2n) is 9.87. The van der Waals surface area contributed by atoms with Crippen molar-refractivity contribution in [3.63, 3.8) is 0 Å². The van der Waals surface area contributed by atoms with Crippen LogP contribution in [0.25, 0.3) is 0 Å². The van der Waals surface area contributed by atoms with Crippen molar-refractivity contribution in [2.45, 2.75) is 56.8 Å². The van der Waals surface area contributed by atoms with Crippen molar-refractivity contribution >= 4 is 23.7 Å². The molecular formula is C27H21F9N4O4. The smallest absolute Gasteiger partial charge is 0.416 e. The molecule has 0 unspecified atom stereocenters. The molecule has 0 spiro atoms. The topological polar surface area (TPSA) is 116 Å². The molecule has 236 valence electrons. The lowest BCUT2D eigenvalue weighted by atomic mass is 9.89. The van der Waals surface area contributed by atoms with Gasteiger partial charge in [-0.2, -0.15) is 39.5 Å². The predicted molar refractivity (Wildman–Crippen MR) is 135 cm³/mol. The van der Waals surface area contributed by atoms with Crippen molar-refractivity contribution in [3.05, 3.63) is 81.7 Å². The van der Waals surface area contributed by atoms with Crippen molar-refractivity contribution in [2.24, 2.45) is 0 Å². The fraction of sp³-hybridized carbons (Fsp3) is 0.333. The van der Waals surface area contributed by atoms with Crippen LogP contribution in [0.3, 0.4) is 0 Å². The number of anilines is 2. The van der Waals surface area contributed by atoms with Crippen LogP contribution in [0.15, 0.2) is 42.6 Å². The molecule has 2 heterocycles. The number of aromatic nitrogens is 2. The molecule has 3 N–H and O–H groups in total. The number of nitrogens with zero attached hydrogens (tertiary/aromatic N) is 3. The van der Waals surface area contributed by atoms with Gasteiger partial charge in [0.2, 0.25) is 5.95 Å². The van der Waals surface area contributed by atoms with E-state index in [-0.39, 0.29) is 30.2 Å². The molecule has 44 heavy (non-hydrogen) atoms. The highest BCUT2D eigenvalue weighted by molar-refractivity contribution is 5.89. The van der Waals surface area contributed by atoms with Gasteiger partial charge in [-0.05, 0) is 60.4 Å². The van der Waals surface area contributed by atoms with Crippen LogP contribution in [0.5, 0.6) is 0 Å². The number of fused-ring (bicyclic) bond motifs is 1. The third-order valence-corrected chi connectivity index (χ3v) is 6.96. The Morgan fingerprint density at radius 3 is 2.00 bits per heavy atom. The molecule has 0 saturated carbocycles. The maximum atomic E-state index is 13.5. The Hall–Kier alpha value is -4.57. The predicted octanol–water partition coefficient (Wildman–Crippen LogP) is 7.64. The normalized spacial score (nSPS) is 17.3. The number of benzene rings is 2. The molecule has 2 atom stereocenters. The first-order valence-corrected chi connectivity index (χ1v) is 12.7. The Morgan fingerprint density at radius 2 is 1.50 bits per heavy atom. The SMILES string of the molecule is CC[C@@H]1C[C@H](Nc2ncc(C(=O)O)c(Cc3cc(C(F)(F)F)cc(C(F)(F)F)c3)n2)c2cc(C(F)(F)F)ccc2N1C(=O)O. The fourth-order valence-electron chi connectivity index (χ4n) is 4.95. The summed E-state index contributed by atoms with van der Waals surface area (Å²) in [5, 5.41) is 22.1. The summed E-state index contributed by atoms with van der Waals surface area (Å²) >= 11 is 0. The molecule has 0 bridgehead atoms. The molecule has 2 aromatic carbocycles. The highest BCUT2D eigenvalue weighted by Crippen LogP contribution is 2.43. The van der Waals surface area contributed by atoms with E-state index >= 15 is 0 Å². The van der Waals surface area contributed by atoms with Crippen LogP contribution in [0.4, 0.5) is 55.9 Å². The Morgan fingerprint density at radius 1 is 0.909 bits per heavy atom. The number of halogens is 9. The van der Waals surface area contributed by atoms with Crippen LogP contribution in [-0.4, -0.2) is 38.3 Å². The summed E-state index contributed by atoms with van der Waals surface area (Å²) in [4.78, 5) is 32.6.